The van der Waals surface area contributed by atoms with Crippen LogP contribution in [0.5, 0.6) is 0 Å². The van der Waals surface area contributed by atoms with Gasteiger partial charge in [-0.2, -0.15) is 13.2 Å². The summed E-state index contributed by atoms with van der Waals surface area (Å²) in [4.78, 5) is 24.2. The Balaban J connectivity index is 2.05. The van der Waals surface area contributed by atoms with Crippen LogP contribution in [0.15, 0.2) is 48.5 Å². The number of esters is 1. The Kier molecular flexibility index (Phi) is 6.02. The number of carbonyl (C=O) groups is 2. The molecule has 1 unspecified atom stereocenters. The van der Waals surface area contributed by atoms with Gasteiger partial charge in [0.15, 0.2) is 6.10 Å². The van der Waals surface area contributed by atoms with Gasteiger partial charge in [0.2, 0.25) is 0 Å². The molecule has 0 radical (unpaired) electrons. The molecule has 2 aromatic rings. The van der Waals surface area contributed by atoms with Gasteiger partial charge in [-0.25, -0.2) is 4.79 Å². The lowest BCUT2D eigenvalue weighted by atomic mass is 10.1. The maximum Gasteiger partial charge on any atom is 0.418 e. The third-order valence-corrected chi connectivity index (χ3v) is 3.74. The lowest BCUT2D eigenvalue weighted by Crippen LogP contribution is -2.30. The number of hydrogen-bond acceptors (Lipinski definition) is 3. The van der Waals surface area contributed by atoms with Gasteiger partial charge in [-0.15, -0.1) is 0 Å². The molecule has 0 saturated carbocycles. The van der Waals surface area contributed by atoms with Gasteiger partial charge in [-0.3, -0.25) is 4.79 Å². The molecule has 1 amide bonds. The third kappa shape index (κ3) is 4.84. The van der Waals surface area contributed by atoms with Crippen molar-refractivity contribution in [3.8, 4) is 0 Å². The average molecular weight is 365 g/mol. The molecule has 7 heteroatoms. The van der Waals surface area contributed by atoms with E-state index in [9.17, 15) is 22.8 Å². The summed E-state index contributed by atoms with van der Waals surface area (Å²) in [7, 11) is 0. The minimum atomic E-state index is -4.61. The number of aryl methyl sites for hydroxylation is 1. The van der Waals surface area contributed by atoms with Gasteiger partial charge in [0.25, 0.3) is 5.91 Å². The fourth-order valence-electron chi connectivity index (χ4n) is 2.23. The molecular weight excluding hydrogens is 347 g/mol. The number of carbonyl (C=O) groups excluding carboxylic acids is 2. The zero-order valence-corrected chi connectivity index (χ0v) is 14.3. The van der Waals surface area contributed by atoms with E-state index in [0.29, 0.717) is 0 Å². The molecule has 0 spiro atoms. The largest absolute Gasteiger partial charge is 0.449 e. The van der Waals surface area contributed by atoms with Crippen molar-refractivity contribution in [2.45, 2.75) is 32.5 Å². The molecule has 138 valence electrons. The zero-order chi connectivity index (χ0) is 19.3. The Morgan fingerprint density at radius 3 is 2.27 bits per heavy atom. The van der Waals surface area contributed by atoms with E-state index in [1.807, 2.05) is 6.92 Å². The van der Waals surface area contributed by atoms with E-state index in [-0.39, 0.29) is 11.3 Å². The smallest absolute Gasteiger partial charge is 0.418 e. The van der Waals surface area contributed by atoms with Crippen LogP contribution in [0.4, 0.5) is 18.9 Å². The highest BCUT2D eigenvalue weighted by atomic mass is 19.4. The molecule has 4 nitrogen and oxygen atoms in total. The molecule has 0 heterocycles. The van der Waals surface area contributed by atoms with Gasteiger partial charge in [0.1, 0.15) is 0 Å². The minimum Gasteiger partial charge on any atom is -0.449 e. The van der Waals surface area contributed by atoms with Crippen LogP contribution in [-0.4, -0.2) is 18.0 Å². The van der Waals surface area contributed by atoms with E-state index in [4.69, 9.17) is 4.74 Å². The number of rotatable bonds is 5. The Labute approximate surface area is 149 Å². The summed E-state index contributed by atoms with van der Waals surface area (Å²) in [5.74, 6) is -1.57. The summed E-state index contributed by atoms with van der Waals surface area (Å²) in [6.07, 6.45) is -5.05. The van der Waals surface area contributed by atoms with Gasteiger partial charge in [0, 0.05) is 0 Å². The summed E-state index contributed by atoms with van der Waals surface area (Å²) in [5, 5.41) is 2.16. The second kappa shape index (κ2) is 8.03. The van der Waals surface area contributed by atoms with Crippen molar-refractivity contribution in [2.75, 3.05) is 5.32 Å². The average Bonchev–Trinajstić information content (AvgIpc) is 2.61. The third-order valence-electron chi connectivity index (χ3n) is 3.74. The van der Waals surface area contributed by atoms with E-state index < -0.39 is 29.7 Å². The lowest BCUT2D eigenvalue weighted by molar-refractivity contribution is -0.137. The Morgan fingerprint density at radius 1 is 1.08 bits per heavy atom. The number of halogens is 3. The Hall–Kier alpha value is -2.83. The van der Waals surface area contributed by atoms with Gasteiger partial charge < -0.3 is 10.1 Å². The molecule has 2 rings (SSSR count). The highest BCUT2D eigenvalue weighted by Crippen LogP contribution is 2.34. The first-order valence-electron chi connectivity index (χ1n) is 7.99. The number of para-hydroxylation sites is 1. The quantitative estimate of drug-likeness (QED) is 0.797. The molecule has 0 aliphatic heterocycles. The van der Waals surface area contributed by atoms with E-state index >= 15 is 0 Å². The van der Waals surface area contributed by atoms with Crippen LogP contribution in [-0.2, 0) is 22.1 Å². The molecule has 0 saturated heterocycles. The van der Waals surface area contributed by atoms with Crippen molar-refractivity contribution < 1.29 is 27.5 Å². The molecule has 0 aliphatic carbocycles. The van der Waals surface area contributed by atoms with Crippen LogP contribution in [0, 0.1) is 0 Å². The molecule has 26 heavy (non-hydrogen) atoms. The van der Waals surface area contributed by atoms with Gasteiger partial charge in [-0.05, 0) is 43.2 Å². The first-order valence-corrected chi connectivity index (χ1v) is 7.99. The molecule has 0 aromatic heterocycles. The zero-order valence-electron chi connectivity index (χ0n) is 14.3. The molecule has 1 N–H and O–H groups in total. The maximum absolute atomic E-state index is 13.0. The van der Waals surface area contributed by atoms with Crippen LogP contribution < -0.4 is 5.32 Å². The van der Waals surface area contributed by atoms with Crippen molar-refractivity contribution in [2.24, 2.45) is 0 Å². The number of amides is 1. The highest BCUT2D eigenvalue weighted by Gasteiger charge is 2.34. The van der Waals surface area contributed by atoms with Crippen LogP contribution >= 0.6 is 0 Å². The molecule has 1 atom stereocenters. The van der Waals surface area contributed by atoms with Crippen LogP contribution in [0.1, 0.15) is 35.3 Å². The minimum absolute atomic E-state index is 0.262. The number of alkyl halides is 3. The first-order chi connectivity index (χ1) is 12.2. The van der Waals surface area contributed by atoms with Crippen molar-refractivity contribution in [3.05, 3.63) is 65.2 Å². The second-order valence-corrected chi connectivity index (χ2v) is 5.63. The number of nitrogens with one attached hydrogen (secondary N) is 1. The molecule has 2 aromatic carbocycles. The monoisotopic (exact) mass is 365 g/mol. The number of anilines is 1. The number of benzene rings is 2. The summed E-state index contributed by atoms with van der Waals surface area (Å²) in [6, 6.07) is 11.3. The van der Waals surface area contributed by atoms with Crippen molar-refractivity contribution in [3.63, 3.8) is 0 Å². The van der Waals surface area contributed by atoms with Gasteiger partial charge >= 0.3 is 12.1 Å². The predicted molar refractivity (Wildman–Crippen MR) is 90.8 cm³/mol. The topological polar surface area (TPSA) is 55.4 Å². The highest BCUT2D eigenvalue weighted by molar-refractivity contribution is 5.97. The SMILES string of the molecule is CCc1ccc(C(=O)OC(C)C(=O)Nc2ccccc2C(F)(F)F)cc1. The van der Waals surface area contributed by atoms with Gasteiger partial charge in [0.05, 0.1) is 16.8 Å². The van der Waals surface area contributed by atoms with Crippen molar-refractivity contribution in [1.29, 1.82) is 0 Å². The van der Waals surface area contributed by atoms with E-state index in [1.54, 1.807) is 24.3 Å². The van der Waals surface area contributed by atoms with E-state index in [1.165, 1.54) is 19.1 Å². The Bertz CT molecular complexity index is 785. The molecule has 0 aliphatic rings. The van der Waals surface area contributed by atoms with E-state index in [2.05, 4.69) is 5.32 Å². The number of hydrogen-bond donors (Lipinski definition) is 1. The normalized spacial score (nSPS) is 12.3. The van der Waals surface area contributed by atoms with E-state index in [0.717, 1.165) is 24.1 Å². The second-order valence-electron chi connectivity index (χ2n) is 5.63. The standard InChI is InChI=1S/C19H18F3NO3/c1-3-13-8-10-14(11-9-13)18(25)26-12(2)17(24)23-16-7-5-4-6-15(16)19(20,21)22/h4-12H,3H2,1-2H3,(H,23,24). The van der Waals surface area contributed by atoms with Crippen LogP contribution in [0.3, 0.4) is 0 Å². The Morgan fingerprint density at radius 2 is 1.69 bits per heavy atom. The van der Waals surface area contributed by atoms with Crippen molar-refractivity contribution in [1.82, 2.24) is 0 Å². The fraction of sp³-hybridized carbons (Fsp3) is 0.263. The summed E-state index contributed by atoms with van der Waals surface area (Å²) >= 11 is 0. The molecule has 0 fully saturated rings. The first kappa shape index (κ1) is 19.5. The predicted octanol–water partition coefficient (Wildman–Crippen LogP) is 4.45. The van der Waals surface area contributed by atoms with Crippen LogP contribution in [0.25, 0.3) is 0 Å². The number of ether oxygens (including phenoxy) is 1. The lowest BCUT2D eigenvalue weighted by Gasteiger charge is -2.17. The summed E-state index contributed by atoms with van der Waals surface area (Å²) in [6.45, 7) is 3.27. The van der Waals surface area contributed by atoms with Crippen molar-refractivity contribution >= 4 is 17.6 Å². The summed E-state index contributed by atoms with van der Waals surface area (Å²) in [5.41, 5.74) is -0.0594. The maximum atomic E-state index is 13.0. The molecule has 0 bridgehead atoms. The summed E-state index contributed by atoms with van der Waals surface area (Å²) < 4.78 is 43.9. The van der Waals surface area contributed by atoms with Crippen LogP contribution in [0.2, 0.25) is 0 Å². The molecular formula is C19H18F3NO3. The fourth-order valence-corrected chi connectivity index (χ4v) is 2.23. The van der Waals surface area contributed by atoms with Gasteiger partial charge in [-0.1, -0.05) is 31.2 Å².